The average Bonchev–Trinajstić information content (AvgIpc) is 2.99. The first-order valence-electron chi connectivity index (χ1n) is 10.1. The van der Waals surface area contributed by atoms with Crippen molar-refractivity contribution in [3.8, 4) is 0 Å². The van der Waals surface area contributed by atoms with Crippen LogP contribution < -0.4 is 16.8 Å². The van der Waals surface area contributed by atoms with Crippen LogP contribution in [0.1, 0.15) is 46.0 Å². The van der Waals surface area contributed by atoms with E-state index in [0.717, 1.165) is 51.9 Å². The Morgan fingerprint density at radius 3 is 2.70 bits per heavy atom. The van der Waals surface area contributed by atoms with Gasteiger partial charge in [0.25, 0.3) is 0 Å². The summed E-state index contributed by atoms with van der Waals surface area (Å²) in [4.78, 5) is 6.04. The highest BCUT2D eigenvalue weighted by Gasteiger charge is 2.72. The van der Waals surface area contributed by atoms with Crippen molar-refractivity contribution in [2.75, 3.05) is 26.4 Å². The van der Waals surface area contributed by atoms with Crippen LogP contribution >= 0.6 is 0 Å². The number of fused-ring (bicyclic) bond motifs is 1. The molecule has 0 aromatic rings. The maximum absolute atomic E-state index is 7.25. The van der Waals surface area contributed by atoms with Gasteiger partial charge in [0.05, 0.1) is 18.8 Å². The van der Waals surface area contributed by atoms with Crippen LogP contribution in [-0.2, 0) is 14.2 Å². The van der Waals surface area contributed by atoms with Gasteiger partial charge in [-0.1, -0.05) is 26.7 Å². The van der Waals surface area contributed by atoms with E-state index in [2.05, 4.69) is 29.1 Å². The highest BCUT2D eigenvalue weighted by molar-refractivity contribution is 5.97. The van der Waals surface area contributed by atoms with Crippen molar-refractivity contribution in [1.29, 1.82) is 5.41 Å². The van der Waals surface area contributed by atoms with Crippen LogP contribution in [0, 0.1) is 5.41 Å². The van der Waals surface area contributed by atoms with Gasteiger partial charge >= 0.3 is 0 Å². The monoisotopic (exact) mass is 382 g/mol. The van der Waals surface area contributed by atoms with Gasteiger partial charge in [-0.15, -0.1) is 0 Å². The second-order valence-corrected chi connectivity index (χ2v) is 7.61. The van der Waals surface area contributed by atoms with Gasteiger partial charge in [0.2, 0.25) is 5.96 Å². The molecule has 0 radical (unpaired) electrons. The number of guanidine groups is 1. The predicted molar refractivity (Wildman–Crippen MR) is 104 cm³/mol. The highest BCUT2D eigenvalue weighted by Crippen LogP contribution is 2.48. The van der Waals surface area contributed by atoms with Crippen molar-refractivity contribution in [1.82, 2.24) is 10.2 Å². The number of nitrogens with two attached hydrogens (primary N) is 2. The second kappa shape index (κ2) is 8.83. The Morgan fingerprint density at radius 1 is 1.30 bits per heavy atom. The number of hydrogen-bond donors (Lipinski definition) is 4. The maximum Gasteiger partial charge on any atom is 0.214 e. The van der Waals surface area contributed by atoms with Crippen molar-refractivity contribution in [3.05, 3.63) is 0 Å². The smallest absolute Gasteiger partial charge is 0.214 e. The van der Waals surface area contributed by atoms with Crippen LogP contribution in [-0.4, -0.2) is 73.2 Å². The molecule has 3 aliphatic rings. The largest absolute Gasteiger partial charge is 0.385 e. The summed E-state index contributed by atoms with van der Waals surface area (Å²) < 4.78 is 18.3. The van der Waals surface area contributed by atoms with Crippen molar-refractivity contribution in [2.24, 2.45) is 16.5 Å². The molecule has 3 fully saturated rings. The van der Waals surface area contributed by atoms with Crippen LogP contribution in [0.25, 0.3) is 0 Å². The lowest BCUT2D eigenvalue weighted by atomic mass is 10.0. The average molecular weight is 383 g/mol. The number of amidine groups is 1. The van der Waals surface area contributed by atoms with Gasteiger partial charge in [-0.3, -0.25) is 15.6 Å². The minimum absolute atomic E-state index is 0.0327. The zero-order valence-corrected chi connectivity index (χ0v) is 16.4. The molecule has 0 aromatic heterocycles. The number of unbranched alkanes of at least 4 members (excludes halogenated alkanes) is 2. The molecule has 0 amide bonds. The van der Waals surface area contributed by atoms with E-state index >= 15 is 0 Å². The van der Waals surface area contributed by atoms with E-state index < -0.39 is 0 Å². The fraction of sp³-hybridized carbons (Fsp3) is 0.889. The highest BCUT2D eigenvalue weighted by atomic mass is 16.6. The van der Waals surface area contributed by atoms with Gasteiger partial charge in [-0.25, -0.2) is 0 Å². The summed E-state index contributed by atoms with van der Waals surface area (Å²) in [5.74, 6) is 0.0447. The number of ether oxygens (including phenoxy) is 3. The van der Waals surface area contributed by atoms with Crippen molar-refractivity contribution in [2.45, 2.75) is 76.1 Å². The number of hydrogen-bond acceptors (Lipinski definition) is 6. The molecule has 3 unspecified atom stereocenters. The van der Waals surface area contributed by atoms with Crippen molar-refractivity contribution in [3.63, 3.8) is 0 Å². The maximum atomic E-state index is 7.25. The molecule has 6 atom stereocenters. The molecule has 3 heterocycles. The molecule has 0 aliphatic carbocycles. The minimum atomic E-state index is -0.278. The van der Waals surface area contributed by atoms with Crippen LogP contribution in [0.15, 0.2) is 4.99 Å². The first-order valence-corrected chi connectivity index (χ1v) is 10.1. The number of rotatable bonds is 11. The number of nitrogens with one attached hydrogen (secondary N) is 2. The van der Waals surface area contributed by atoms with E-state index in [0.29, 0.717) is 12.4 Å². The first-order chi connectivity index (χ1) is 13.0. The van der Waals surface area contributed by atoms with E-state index in [1.165, 1.54) is 0 Å². The Labute approximate surface area is 161 Å². The van der Waals surface area contributed by atoms with E-state index in [1.54, 1.807) is 0 Å². The summed E-state index contributed by atoms with van der Waals surface area (Å²) >= 11 is 0. The molecule has 0 aromatic carbocycles. The summed E-state index contributed by atoms with van der Waals surface area (Å²) in [6.45, 7) is 7.26. The zero-order chi connectivity index (χ0) is 19.4. The lowest BCUT2D eigenvalue weighted by Crippen LogP contribution is -2.69. The van der Waals surface area contributed by atoms with Crippen LogP contribution in [0.4, 0.5) is 0 Å². The third kappa shape index (κ3) is 4.43. The summed E-state index contributed by atoms with van der Waals surface area (Å²) in [5, 5.41) is 10.7. The van der Waals surface area contributed by atoms with Gasteiger partial charge in [0, 0.05) is 26.2 Å². The van der Waals surface area contributed by atoms with E-state index in [4.69, 9.17) is 31.1 Å². The molecule has 0 spiro atoms. The molecule has 6 N–H and O–H groups in total. The topological polar surface area (TPSA) is 131 Å². The third-order valence-corrected chi connectivity index (χ3v) is 5.54. The molecule has 0 bridgehead atoms. The van der Waals surface area contributed by atoms with Crippen LogP contribution in [0.2, 0.25) is 0 Å². The SMILES string of the molecule is CCCCOC[C@H]1O[C@@H](C23CN2C(/C(N)=N\C(=N)N)N3)C[C@@H]1OCCCC. The molecule has 9 nitrogen and oxygen atoms in total. The van der Waals surface area contributed by atoms with E-state index in [1.807, 2.05) is 0 Å². The molecular formula is C18H34N6O3. The molecule has 3 rings (SSSR count). The summed E-state index contributed by atoms with van der Waals surface area (Å²) in [6.07, 6.45) is 5.08. The fourth-order valence-corrected chi connectivity index (χ4v) is 3.91. The predicted octanol–water partition coefficient (Wildman–Crippen LogP) is 0.338. The Morgan fingerprint density at radius 2 is 2.04 bits per heavy atom. The van der Waals surface area contributed by atoms with E-state index in [9.17, 15) is 0 Å². The van der Waals surface area contributed by atoms with Crippen LogP contribution in [0.3, 0.4) is 0 Å². The van der Waals surface area contributed by atoms with Crippen molar-refractivity contribution < 1.29 is 14.2 Å². The molecule has 27 heavy (non-hydrogen) atoms. The Bertz CT molecular complexity index is 559. The molecule has 3 saturated heterocycles. The van der Waals surface area contributed by atoms with Crippen molar-refractivity contribution >= 4 is 11.8 Å². The second-order valence-electron chi connectivity index (χ2n) is 7.61. The van der Waals surface area contributed by atoms with Gasteiger partial charge in [-0.05, 0) is 12.8 Å². The molecule has 9 heteroatoms. The fourth-order valence-electron chi connectivity index (χ4n) is 3.91. The summed E-state index contributed by atoms with van der Waals surface area (Å²) in [5.41, 5.74) is 11.0. The molecule has 0 saturated carbocycles. The Hall–Kier alpha value is -1.26. The zero-order valence-electron chi connectivity index (χ0n) is 16.4. The Balaban J connectivity index is 1.54. The van der Waals surface area contributed by atoms with Crippen LogP contribution in [0.5, 0.6) is 0 Å². The summed E-state index contributed by atoms with van der Waals surface area (Å²) in [7, 11) is 0. The third-order valence-electron chi connectivity index (χ3n) is 5.54. The quantitative estimate of drug-likeness (QED) is 0.175. The summed E-state index contributed by atoms with van der Waals surface area (Å²) in [6, 6.07) is 0. The lowest BCUT2D eigenvalue weighted by Gasteiger charge is -2.40. The number of nitrogens with zero attached hydrogens (tertiary/aromatic N) is 2. The van der Waals surface area contributed by atoms with Gasteiger partial charge < -0.3 is 25.7 Å². The lowest BCUT2D eigenvalue weighted by molar-refractivity contribution is -0.0848. The van der Waals surface area contributed by atoms with E-state index in [-0.39, 0.29) is 36.1 Å². The molecule has 154 valence electrons. The van der Waals surface area contributed by atoms with Gasteiger partial charge in [-0.2, -0.15) is 4.99 Å². The normalized spacial score (nSPS) is 37.7. The molecular weight excluding hydrogens is 348 g/mol. The van der Waals surface area contributed by atoms with Gasteiger partial charge in [0.15, 0.2) is 0 Å². The van der Waals surface area contributed by atoms with Gasteiger partial charge in [0.1, 0.15) is 23.8 Å². The standard InChI is InChI=1S/C18H34N6O3/c1-3-5-7-25-10-13-12(26-8-6-4-2)9-14(27-13)18-11-24(18)16(23-18)15(19)22-17(20)21/h12-14,16,23H,3-11H2,1-2H3,(H5,19,20,21,22)/t12-,13+,14+,16?,18?,24?/m0/s1. The first kappa shape index (κ1) is 20.5. The minimum Gasteiger partial charge on any atom is -0.385 e. The molecule has 3 aliphatic heterocycles. The number of aliphatic imine (C=N–C) groups is 1. The Kier molecular flexibility index (Phi) is 6.69.